The highest BCUT2D eigenvalue weighted by molar-refractivity contribution is 7.15. The minimum Gasteiger partial charge on any atom is -0.488 e. The van der Waals surface area contributed by atoms with Crippen molar-refractivity contribution in [1.82, 2.24) is 14.8 Å². The number of pyridine rings is 1. The number of carbonyl (C=O) groups excluding carboxylic acids is 1. The second-order valence-electron chi connectivity index (χ2n) is 12.3. The lowest BCUT2D eigenvalue weighted by Gasteiger charge is -2.34. The van der Waals surface area contributed by atoms with Crippen molar-refractivity contribution in [3.8, 4) is 16.2 Å². The normalized spacial score (nSPS) is 18.6. The van der Waals surface area contributed by atoms with Crippen molar-refractivity contribution in [2.24, 2.45) is 0 Å². The minimum absolute atomic E-state index is 0.0567. The van der Waals surface area contributed by atoms with Crippen LogP contribution in [0.2, 0.25) is 0 Å². The number of amides is 1. The summed E-state index contributed by atoms with van der Waals surface area (Å²) in [6.45, 7) is 3.76. The van der Waals surface area contributed by atoms with E-state index >= 15 is 4.39 Å². The van der Waals surface area contributed by atoms with Crippen LogP contribution in [0.3, 0.4) is 0 Å². The molecule has 14 heteroatoms. The Kier molecular flexibility index (Phi) is 9.38. The first-order valence-electron chi connectivity index (χ1n) is 15.5. The second-order valence-corrected chi connectivity index (χ2v) is 13.6. The molecule has 0 aliphatic carbocycles. The molecule has 0 radical (unpaired) electrons. The standard InChI is InChI=1S/C35H32F5N3O5S/c1-18-4-3-5-28-32(18)29-11-23(19(2)49-29)27(13-31(45)46)41-34(47)33(24-10-20(17-48-28)6-7-26(24)37)43-14-21(8-9-42-15-22(36)16-42)25(12-30(43)44)35(38,39)40/h3-7,10-12,14,22,27,33H,8-9,13,15-17H2,1-2H3,(H,41,47)(H,45,46)/t27-,33-/m0/s1. The Labute approximate surface area is 281 Å². The summed E-state index contributed by atoms with van der Waals surface area (Å²) in [5.41, 5.74) is -0.579. The van der Waals surface area contributed by atoms with Gasteiger partial charge in [0.25, 0.3) is 5.56 Å². The predicted octanol–water partition coefficient (Wildman–Crippen LogP) is 6.36. The Morgan fingerprint density at radius 3 is 2.53 bits per heavy atom. The summed E-state index contributed by atoms with van der Waals surface area (Å²) in [6.07, 6.45) is -5.91. The summed E-state index contributed by atoms with van der Waals surface area (Å²) < 4.78 is 78.6. The number of aryl methyl sites for hydroxylation is 2. The molecule has 0 spiro atoms. The molecule has 1 saturated heterocycles. The van der Waals surface area contributed by atoms with E-state index in [-0.39, 0.29) is 43.8 Å². The van der Waals surface area contributed by atoms with E-state index in [0.29, 0.717) is 27.8 Å². The van der Waals surface area contributed by atoms with Crippen LogP contribution in [-0.2, 0) is 28.8 Å². The third-order valence-corrected chi connectivity index (χ3v) is 9.95. The van der Waals surface area contributed by atoms with Gasteiger partial charge < -0.3 is 15.2 Å². The number of nitrogens with one attached hydrogen (secondary N) is 1. The molecule has 2 atom stereocenters. The summed E-state index contributed by atoms with van der Waals surface area (Å²) in [5, 5.41) is 12.5. The lowest BCUT2D eigenvalue weighted by atomic mass is 9.97. The average Bonchev–Trinajstić information content (AvgIpc) is 3.39. The number of nitrogens with zero attached hydrogens (tertiary/aromatic N) is 2. The number of fused-ring (bicyclic) bond motifs is 6. The fourth-order valence-electron chi connectivity index (χ4n) is 6.40. The molecule has 1 fully saturated rings. The Morgan fingerprint density at radius 1 is 1.08 bits per heavy atom. The zero-order valence-electron chi connectivity index (χ0n) is 26.4. The number of carboxylic acid groups (broad SMARTS) is 1. The highest BCUT2D eigenvalue weighted by atomic mass is 32.1. The van der Waals surface area contributed by atoms with Crippen molar-refractivity contribution in [2.75, 3.05) is 19.6 Å². The van der Waals surface area contributed by atoms with Gasteiger partial charge in [-0.3, -0.25) is 23.9 Å². The molecule has 4 aromatic rings. The van der Waals surface area contributed by atoms with Gasteiger partial charge in [-0.15, -0.1) is 11.3 Å². The van der Waals surface area contributed by atoms with Gasteiger partial charge in [0, 0.05) is 52.8 Å². The van der Waals surface area contributed by atoms with E-state index in [1.54, 1.807) is 24.0 Å². The van der Waals surface area contributed by atoms with Crippen molar-refractivity contribution < 1.29 is 41.4 Å². The number of benzene rings is 2. The number of alkyl halides is 4. The SMILES string of the molecule is Cc1cccc2c1-c1cc(c(C)s1)[C@H](CC(=O)O)NC(=O)[C@@H](n1cc(CCN3CC(F)C3)c(C(F)(F)F)cc1=O)c1cc(ccc1F)CO2. The molecule has 2 aliphatic heterocycles. The molecule has 2 aromatic carbocycles. The number of rotatable bonds is 6. The molecule has 2 N–H and O–H groups in total. The first-order valence-corrected chi connectivity index (χ1v) is 16.3. The molecule has 0 saturated carbocycles. The first-order chi connectivity index (χ1) is 23.2. The third-order valence-electron chi connectivity index (χ3n) is 8.86. The van der Waals surface area contributed by atoms with Crippen LogP contribution in [-0.4, -0.2) is 52.3 Å². The molecular formula is C35H32F5N3O5S. The van der Waals surface area contributed by atoms with Crippen molar-refractivity contribution in [1.29, 1.82) is 0 Å². The average molecular weight is 702 g/mol. The number of ether oxygens (including phenoxy) is 1. The smallest absolute Gasteiger partial charge is 0.416 e. The molecule has 4 heterocycles. The van der Waals surface area contributed by atoms with Gasteiger partial charge in [0.1, 0.15) is 30.4 Å². The Morgan fingerprint density at radius 2 is 1.84 bits per heavy atom. The fraction of sp³-hybridized carbons (Fsp3) is 0.343. The topological polar surface area (TPSA) is 101 Å². The van der Waals surface area contributed by atoms with Crippen LogP contribution in [0, 0.1) is 19.7 Å². The monoisotopic (exact) mass is 701 g/mol. The number of aliphatic carboxylic acids is 1. The first kappa shape index (κ1) is 34.3. The van der Waals surface area contributed by atoms with Gasteiger partial charge in [0.2, 0.25) is 5.91 Å². The fourth-order valence-corrected chi connectivity index (χ4v) is 7.60. The van der Waals surface area contributed by atoms with E-state index in [1.165, 1.54) is 23.5 Å². The van der Waals surface area contributed by atoms with Gasteiger partial charge in [-0.05, 0) is 66.8 Å². The number of likely N-dealkylation sites (tertiary alicyclic amines) is 1. The van der Waals surface area contributed by atoms with Gasteiger partial charge in [-0.2, -0.15) is 13.2 Å². The predicted molar refractivity (Wildman–Crippen MR) is 172 cm³/mol. The molecule has 258 valence electrons. The number of carbonyl (C=O) groups is 2. The summed E-state index contributed by atoms with van der Waals surface area (Å²) in [6, 6.07) is 8.44. The Bertz CT molecular complexity index is 1980. The van der Waals surface area contributed by atoms with Gasteiger partial charge in [0.05, 0.1) is 18.0 Å². The number of carboxylic acids is 1. The maximum Gasteiger partial charge on any atom is 0.416 e. The van der Waals surface area contributed by atoms with Crippen molar-refractivity contribution in [3.63, 3.8) is 0 Å². The van der Waals surface area contributed by atoms with Crippen LogP contribution >= 0.6 is 11.3 Å². The number of hydrogen-bond acceptors (Lipinski definition) is 6. The van der Waals surface area contributed by atoms with Gasteiger partial charge in [0.15, 0.2) is 0 Å². The van der Waals surface area contributed by atoms with Gasteiger partial charge >= 0.3 is 12.1 Å². The molecule has 2 aromatic heterocycles. The van der Waals surface area contributed by atoms with Crippen molar-refractivity contribution >= 4 is 23.2 Å². The quantitative estimate of drug-likeness (QED) is 0.227. The zero-order chi connectivity index (χ0) is 35.2. The number of thiophene rings is 1. The molecule has 8 nitrogen and oxygen atoms in total. The molecule has 49 heavy (non-hydrogen) atoms. The Balaban J connectivity index is 1.52. The molecule has 0 unspecified atom stereocenters. The molecule has 6 rings (SSSR count). The van der Waals surface area contributed by atoms with E-state index in [4.69, 9.17) is 4.74 Å². The molecule has 2 aliphatic rings. The number of hydrogen-bond donors (Lipinski definition) is 2. The van der Waals surface area contributed by atoms with E-state index in [0.717, 1.165) is 32.8 Å². The van der Waals surface area contributed by atoms with E-state index in [1.807, 2.05) is 19.1 Å². The summed E-state index contributed by atoms with van der Waals surface area (Å²) >= 11 is 1.36. The van der Waals surface area contributed by atoms with Crippen LogP contribution < -0.4 is 15.6 Å². The zero-order valence-corrected chi connectivity index (χ0v) is 27.3. The second kappa shape index (κ2) is 13.4. The molecule has 4 bridgehead atoms. The van der Waals surface area contributed by atoms with Crippen molar-refractivity contribution in [3.05, 3.63) is 109 Å². The maximum atomic E-state index is 15.8. The van der Waals surface area contributed by atoms with Crippen LogP contribution in [0.5, 0.6) is 5.75 Å². The highest BCUT2D eigenvalue weighted by Crippen LogP contribution is 2.42. The third kappa shape index (κ3) is 7.11. The lowest BCUT2D eigenvalue weighted by Crippen LogP contribution is -2.49. The highest BCUT2D eigenvalue weighted by Gasteiger charge is 2.37. The largest absolute Gasteiger partial charge is 0.488 e. The summed E-state index contributed by atoms with van der Waals surface area (Å²) in [4.78, 5) is 42.9. The van der Waals surface area contributed by atoms with Gasteiger partial charge in [-0.1, -0.05) is 18.2 Å². The Hall–Kier alpha value is -4.56. The maximum absolute atomic E-state index is 15.8. The van der Waals surface area contributed by atoms with E-state index in [2.05, 4.69) is 5.32 Å². The van der Waals surface area contributed by atoms with E-state index in [9.17, 15) is 37.1 Å². The minimum atomic E-state index is -4.92. The summed E-state index contributed by atoms with van der Waals surface area (Å²) in [5.74, 6) is -2.66. The van der Waals surface area contributed by atoms with E-state index < -0.39 is 59.7 Å². The molecule has 1 amide bonds. The van der Waals surface area contributed by atoms with Crippen LogP contribution in [0.15, 0.2) is 59.5 Å². The van der Waals surface area contributed by atoms with Crippen LogP contribution in [0.1, 0.15) is 56.8 Å². The number of aromatic nitrogens is 1. The van der Waals surface area contributed by atoms with Crippen LogP contribution in [0.25, 0.3) is 10.4 Å². The lowest BCUT2D eigenvalue weighted by molar-refractivity contribution is -0.139. The molecular weight excluding hydrogens is 669 g/mol. The van der Waals surface area contributed by atoms with Crippen molar-refractivity contribution in [2.45, 2.75) is 57.7 Å². The summed E-state index contributed by atoms with van der Waals surface area (Å²) in [7, 11) is 0. The van der Waals surface area contributed by atoms with Gasteiger partial charge in [-0.25, -0.2) is 8.78 Å². The van der Waals surface area contributed by atoms with Crippen LogP contribution in [0.4, 0.5) is 22.0 Å². The number of halogens is 5.